The van der Waals surface area contributed by atoms with Crippen molar-refractivity contribution in [1.82, 2.24) is 14.9 Å². The highest BCUT2D eigenvalue weighted by atomic mass is 15.2. The van der Waals surface area contributed by atoms with E-state index in [0.717, 1.165) is 18.4 Å². The van der Waals surface area contributed by atoms with Gasteiger partial charge in [-0.2, -0.15) is 0 Å². The molecule has 0 radical (unpaired) electrons. The maximum absolute atomic E-state index is 4.26. The van der Waals surface area contributed by atoms with Crippen LogP contribution in [-0.2, 0) is 6.54 Å². The summed E-state index contributed by atoms with van der Waals surface area (Å²) in [6.45, 7) is 4.38. The fraction of sp³-hybridized carbons (Fsp3) is 0.636. The molecule has 0 aromatic carbocycles. The van der Waals surface area contributed by atoms with E-state index in [-0.39, 0.29) is 0 Å². The van der Waals surface area contributed by atoms with Crippen molar-refractivity contribution in [3.63, 3.8) is 0 Å². The minimum absolute atomic E-state index is 0.749. The number of hydrogen-bond donors (Lipinski definition) is 0. The van der Waals surface area contributed by atoms with E-state index >= 15 is 0 Å². The molecule has 14 heavy (non-hydrogen) atoms. The van der Waals surface area contributed by atoms with Gasteiger partial charge < -0.3 is 0 Å². The average molecular weight is 191 g/mol. The predicted octanol–water partition coefficient (Wildman–Crippen LogP) is 1.85. The monoisotopic (exact) mass is 191 g/mol. The van der Waals surface area contributed by atoms with E-state index in [9.17, 15) is 0 Å². The summed E-state index contributed by atoms with van der Waals surface area (Å²) in [7, 11) is 0. The van der Waals surface area contributed by atoms with Crippen LogP contribution in [0.3, 0.4) is 0 Å². The third-order valence-electron chi connectivity index (χ3n) is 2.93. The molecule has 76 valence electrons. The first kappa shape index (κ1) is 9.59. The number of rotatable bonds is 3. The quantitative estimate of drug-likeness (QED) is 0.730. The van der Waals surface area contributed by atoms with Crippen molar-refractivity contribution in [2.45, 2.75) is 38.8 Å². The van der Waals surface area contributed by atoms with Crippen LogP contribution in [0.4, 0.5) is 0 Å². The Kier molecular flexibility index (Phi) is 3.09. The zero-order valence-electron chi connectivity index (χ0n) is 8.69. The van der Waals surface area contributed by atoms with Crippen molar-refractivity contribution >= 4 is 0 Å². The molecule has 0 aliphatic carbocycles. The first-order valence-electron chi connectivity index (χ1n) is 5.40. The van der Waals surface area contributed by atoms with Crippen molar-refractivity contribution in [2.75, 3.05) is 6.54 Å². The Balaban J connectivity index is 1.97. The van der Waals surface area contributed by atoms with Crippen molar-refractivity contribution in [3.05, 3.63) is 24.3 Å². The fourth-order valence-electron chi connectivity index (χ4n) is 2.16. The lowest BCUT2D eigenvalue weighted by atomic mass is 10.2. The van der Waals surface area contributed by atoms with Crippen molar-refractivity contribution < 1.29 is 0 Å². The molecule has 1 aromatic heterocycles. The Morgan fingerprint density at radius 3 is 2.93 bits per heavy atom. The van der Waals surface area contributed by atoms with E-state index in [1.54, 1.807) is 0 Å². The van der Waals surface area contributed by atoms with Gasteiger partial charge in [0.05, 0.1) is 6.54 Å². The molecule has 2 rings (SSSR count). The molecule has 2 heterocycles. The van der Waals surface area contributed by atoms with Gasteiger partial charge in [-0.3, -0.25) is 4.90 Å². The van der Waals surface area contributed by atoms with Gasteiger partial charge in [-0.25, -0.2) is 9.97 Å². The van der Waals surface area contributed by atoms with E-state index < -0.39 is 0 Å². The molecule has 1 fully saturated rings. The van der Waals surface area contributed by atoms with Crippen molar-refractivity contribution in [1.29, 1.82) is 0 Å². The first-order valence-corrected chi connectivity index (χ1v) is 5.40. The van der Waals surface area contributed by atoms with Crippen LogP contribution < -0.4 is 0 Å². The molecule has 3 heteroatoms. The number of hydrogen-bond acceptors (Lipinski definition) is 3. The van der Waals surface area contributed by atoms with Crippen LogP contribution in [-0.4, -0.2) is 27.5 Å². The molecule has 0 bridgehead atoms. The van der Waals surface area contributed by atoms with Gasteiger partial charge in [0.15, 0.2) is 0 Å². The molecular weight excluding hydrogens is 174 g/mol. The smallest absolute Gasteiger partial charge is 0.142 e. The molecule has 0 saturated carbocycles. The molecule has 0 amide bonds. The van der Waals surface area contributed by atoms with E-state index in [0.29, 0.717) is 0 Å². The standard InChI is InChI=1S/C11H17N3/c1-2-10-5-3-8-14(10)9-11-12-6-4-7-13-11/h4,6-7,10H,2-3,5,8-9H2,1H3. The molecule has 1 saturated heterocycles. The second kappa shape index (κ2) is 4.51. The molecule has 1 aromatic rings. The number of likely N-dealkylation sites (tertiary alicyclic amines) is 1. The maximum atomic E-state index is 4.26. The zero-order chi connectivity index (χ0) is 9.80. The largest absolute Gasteiger partial charge is 0.293 e. The summed E-state index contributed by atoms with van der Waals surface area (Å²) in [5, 5.41) is 0. The lowest BCUT2D eigenvalue weighted by Gasteiger charge is -2.21. The van der Waals surface area contributed by atoms with Crippen LogP contribution in [0.1, 0.15) is 32.0 Å². The molecule has 0 N–H and O–H groups in total. The molecule has 1 aliphatic rings. The van der Waals surface area contributed by atoms with Crippen LogP contribution in [0.25, 0.3) is 0 Å². The Bertz CT molecular complexity index is 273. The Morgan fingerprint density at radius 2 is 2.21 bits per heavy atom. The summed E-state index contributed by atoms with van der Waals surface area (Å²) >= 11 is 0. The van der Waals surface area contributed by atoms with Crippen molar-refractivity contribution in [3.8, 4) is 0 Å². The van der Waals surface area contributed by atoms with Gasteiger partial charge in [-0.15, -0.1) is 0 Å². The summed E-state index contributed by atoms with van der Waals surface area (Å²) < 4.78 is 0. The van der Waals surface area contributed by atoms with Gasteiger partial charge in [0.2, 0.25) is 0 Å². The average Bonchev–Trinajstić information content (AvgIpc) is 2.67. The zero-order valence-corrected chi connectivity index (χ0v) is 8.69. The third kappa shape index (κ3) is 2.10. The molecule has 1 aliphatic heterocycles. The minimum atomic E-state index is 0.749. The van der Waals surface area contributed by atoms with Crippen molar-refractivity contribution in [2.24, 2.45) is 0 Å². The van der Waals surface area contributed by atoms with Crippen LogP contribution in [0.15, 0.2) is 18.5 Å². The van der Waals surface area contributed by atoms with E-state index in [1.165, 1.54) is 25.8 Å². The van der Waals surface area contributed by atoms with Gasteiger partial charge in [-0.05, 0) is 31.9 Å². The summed E-state index contributed by atoms with van der Waals surface area (Å²) in [5.74, 6) is 0.952. The summed E-state index contributed by atoms with van der Waals surface area (Å²) in [5.41, 5.74) is 0. The number of nitrogens with zero attached hydrogens (tertiary/aromatic N) is 3. The highest BCUT2D eigenvalue weighted by molar-refractivity contribution is 4.90. The van der Waals surface area contributed by atoms with Gasteiger partial charge in [0, 0.05) is 18.4 Å². The van der Waals surface area contributed by atoms with Crippen LogP contribution >= 0.6 is 0 Å². The summed E-state index contributed by atoms with van der Waals surface area (Å²) in [4.78, 5) is 11.0. The van der Waals surface area contributed by atoms with Gasteiger partial charge >= 0.3 is 0 Å². The number of aromatic nitrogens is 2. The van der Waals surface area contributed by atoms with Crippen LogP contribution in [0.5, 0.6) is 0 Å². The third-order valence-corrected chi connectivity index (χ3v) is 2.93. The first-order chi connectivity index (χ1) is 6.90. The van der Waals surface area contributed by atoms with Crippen LogP contribution in [0.2, 0.25) is 0 Å². The minimum Gasteiger partial charge on any atom is -0.293 e. The Morgan fingerprint density at radius 1 is 1.43 bits per heavy atom. The SMILES string of the molecule is CCC1CCCN1Cc1ncccn1. The fourth-order valence-corrected chi connectivity index (χ4v) is 2.16. The van der Waals surface area contributed by atoms with Crippen LogP contribution in [0, 0.1) is 0 Å². The lowest BCUT2D eigenvalue weighted by Crippen LogP contribution is -2.28. The lowest BCUT2D eigenvalue weighted by molar-refractivity contribution is 0.234. The molecular formula is C11H17N3. The molecule has 0 spiro atoms. The second-order valence-electron chi connectivity index (χ2n) is 3.84. The van der Waals surface area contributed by atoms with E-state index in [4.69, 9.17) is 0 Å². The maximum Gasteiger partial charge on any atom is 0.142 e. The van der Waals surface area contributed by atoms with Gasteiger partial charge in [0.25, 0.3) is 0 Å². The summed E-state index contributed by atoms with van der Waals surface area (Å²) in [6, 6.07) is 2.61. The molecule has 3 nitrogen and oxygen atoms in total. The second-order valence-corrected chi connectivity index (χ2v) is 3.84. The highest BCUT2D eigenvalue weighted by Crippen LogP contribution is 2.20. The normalized spacial score (nSPS) is 22.8. The Hall–Kier alpha value is -0.960. The topological polar surface area (TPSA) is 29.0 Å². The Labute approximate surface area is 85.2 Å². The highest BCUT2D eigenvalue weighted by Gasteiger charge is 2.23. The predicted molar refractivity (Wildman–Crippen MR) is 55.8 cm³/mol. The molecule has 1 atom stereocenters. The van der Waals surface area contributed by atoms with E-state index in [2.05, 4.69) is 21.8 Å². The van der Waals surface area contributed by atoms with Gasteiger partial charge in [-0.1, -0.05) is 6.92 Å². The van der Waals surface area contributed by atoms with Gasteiger partial charge in [0.1, 0.15) is 5.82 Å². The molecule has 1 unspecified atom stereocenters. The van der Waals surface area contributed by atoms with E-state index in [1.807, 2.05) is 18.5 Å². The summed E-state index contributed by atoms with van der Waals surface area (Å²) in [6.07, 6.45) is 7.54.